The molecule has 2 aliphatic heterocycles. The first-order chi connectivity index (χ1) is 20.2. The van der Waals surface area contributed by atoms with Crippen LogP contribution in [-0.4, -0.2) is 29.9 Å². The van der Waals surface area contributed by atoms with Crippen molar-refractivity contribution < 1.29 is 17.1 Å². The minimum atomic E-state index is 0. The summed E-state index contributed by atoms with van der Waals surface area (Å²) in [5.41, 5.74) is 5.01. The van der Waals surface area contributed by atoms with Crippen molar-refractivity contribution in [2.24, 2.45) is 0 Å². The van der Waals surface area contributed by atoms with E-state index in [1.165, 1.54) is 0 Å². The number of nitrogens with zero attached hydrogens (tertiary/aromatic N) is 8. The van der Waals surface area contributed by atoms with Gasteiger partial charge in [-0.1, -0.05) is 96.6 Å². The van der Waals surface area contributed by atoms with Gasteiger partial charge in [0.2, 0.25) is 0 Å². The second kappa shape index (κ2) is 10.3. The Balaban J connectivity index is 0.00000288. The molecule has 5 heterocycles. The SMILES string of the molecule is Cc1ccc2c3nc4nc(nc5[n-]c(nc6nc(nc([n-]3)c2c1)-c1ccccc1-6)c1ccccc51)/C=C/C=C\C=C\4.[Cu+2]. The Bertz CT molecular complexity index is 2290. The molecule has 3 aromatic carbocycles. The van der Waals surface area contributed by atoms with E-state index in [2.05, 4.69) is 6.07 Å². The third-order valence-corrected chi connectivity index (χ3v) is 7.03. The van der Waals surface area contributed by atoms with Gasteiger partial charge in [-0.25, -0.2) is 9.97 Å². The number of allylic oxidation sites excluding steroid dienone is 4. The third kappa shape index (κ3) is 4.41. The summed E-state index contributed by atoms with van der Waals surface area (Å²) in [5, 5.41) is 3.53. The van der Waals surface area contributed by atoms with Crippen molar-refractivity contribution in [1.29, 1.82) is 0 Å². The monoisotopic (exact) mass is 591 g/mol. The molecule has 3 aromatic heterocycles. The normalized spacial score (nSPS) is 14.7. The molecule has 42 heavy (non-hydrogen) atoms. The maximum atomic E-state index is 4.97. The zero-order valence-corrected chi connectivity index (χ0v) is 23.1. The van der Waals surface area contributed by atoms with Gasteiger partial charge in [0.25, 0.3) is 0 Å². The van der Waals surface area contributed by atoms with Crippen LogP contribution < -0.4 is 9.97 Å². The number of fused-ring (bicyclic) bond motifs is 17. The van der Waals surface area contributed by atoms with Crippen LogP contribution in [0.4, 0.5) is 0 Å². The first-order valence-electron chi connectivity index (χ1n) is 13.2. The van der Waals surface area contributed by atoms with Crippen LogP contribution in [0.3, 0.4) is 0 Å². The standard InChI is InChI=1S/C33H20N8.Cu/c1-19-16-17-24-25(18-19)33-38-29(24)36-27-15-5-3-2-4-14-26(34-27)35-28-20-10-6-7-11-21(20)30(37-28)39-31-22-12-8-9-13-23(22)32(40-31)41-33;/h2-18H,1H3;/q-2;+2. The van der Waals surface area contributed by atoms with E-state index in [9.17, 15) is 0 Å². The molecule has 0 N–H and O–H groups in total. The third-order valence-electron chi connectivity index (χ3n) is 7.03. The maximum Gasteiger partial charge on any atom is 2.00 e. The van der Waals surface area contributed by atoms with E-state index >= 15 is 0 Å². The van der Waals surface area contributed by atoms with Gasteiger partial charge in [-0.3, -0.25) is 0 Å². The molecule has 9 heteroatoms. The average molecular weight is 592 g/mol. The molecule has 0 aliphatic carbocycles. The molecule has 0 saturated carbocycles. The summed E-state index contributed by atoms with van der Waals surface area (Å²) in [6, 6.07) is 22.0. The maximum absolute atomic E-state index is 4.97. The van der Waals surface area contributed by atoms with E-state index in [1.807, 2.05) is 104 Å². The van der Waals surface area contributed by atoms with Crippen LogP contribution in [0.1, 0.15) is 17.2 Å². The van der Waals surface area contributed by atoms with Crippen molar-refractivity contribution in [2.45, 2.75) is 6.92 Å². The molecule has 0 unspecified atom stereocenters. The molecule has 8 bridgehead atoms. The summed E-state index contributed by atoms with van der Waals surface area (Å²) >= 11 is 0. The van der Waals surface area contributed by atoms with Crippen molar-refractivity contribution in [3.8, 4) is 22.8 Å². The van der Waals surface area contributed by atoms with Gasteiger partial charge in [-0.15, -0.1) is 0 Å². The minimum Gasteiger partial charge on any atom is -0.357 e. The number of rotatable bonds is 0. The zero-order valence-electron chi connectivity index (χ0n) is 22.2. The molecule has 0 fully saturated rings. The molecule has 0 atom stereocenters. The van der Waals surface area contributed by atoms with E-state index in [0.29, 0.717) is 45.9 Å². The van der Waals surface area contributed by atoms with Crippen LogP contribution in [0.5, 0.6) is 0 Å². The predicted molar refractivity (Wildman–Crippen MR) is 162 cm³/mol. The van der Waals surface area contributed by atoms with Crippen molar-refractivity contribution >= 4 is 56.3 Å². The molecule has 6 aromatic rings. The molecule has 0 spiro atoms. The van der Waals surface area contributed by atoms with Gasteiger partial charge in [0.05, 0.1) is 23.3 Å². The van der Waals surface area contributed by atoms with Crippen molar-refractivity contribution in [2.75, 3.05) is 0 Å². The fourth-order valence-electron chi connectivity index (χ4n) is 5.10. The Morgan fingerprint density at radius 2 is 0.976 bits per heavy atom. The van der Waals surface area contributed by atoms with Gasteiger partial charge in [0, 0.05) is 33.7 Å². The smallest absolute Gasteiger partial charge is 0.357 e. The van der Waals surface area contributed by atoms with Gasteiger partial charge in [0.15, 0.2) is 0 Å². The van der Waals surface area contributed by atoms with Crippen molar-refractivity contribution in [1.82, 2.24) is 39.9 Å². The molecular weight excluding hydrogens is 572 g/mol. The van der Waals surface area contributed by atoms with E-state index in [0.717, 1.165) is 38.2 Å². The van der Waals surface area contributed by atoms with Gasteiger partial charge >= 0.3 is 17.1 Å². The molecule has 0 saturated heterocycles. The predicted octanol–water partition coefficient (Wildman–Crippen LogP) is 6.38. The summed E-state index contributed by atoms with van der Waals surface area (Å²) in [5.74, 6) is 2.00. The molecule has 203 valence electrons. The number of hydrogen-bond acceptors (Lipinski definition) is 6. The largest absolute Gasteiger partial charge is 2.00 e. The second-order valence-corrected chi connectivity index (χ2v) is 9.80. The quantitative estimate of drug-likeness (QED) is 0.187. The topological polar surface area (TPSA) is 106 Å². The van der Waals surface area contributed by atoms with E-state index in [4.69, 9.17) is 39.9 Å². The van der Waals surface area contributed by atoms with Crippen molar-refractivity contribution in [3.63, 3.8) is 0 Å². The zero-order chi connectivity index (χ0) is 27.3. The number of hydrogen-bond donors (Lipinski definition) is 0. The average Bonchev–Trinajstić information content (AvgIpc) is 3.64. The molecule has 2 aliphatic rings. The molecule has 8 rings (SSSR count). The van der Waals surface area contributed by atoms with Gasteiger partial charge in [-0.2, -0.15) is 0 Å². The van der Waals surface area contributed by atoms with Crippen LogP contribution in [0.2, 0.25) is 0 Å². The summed E-state index contributed by atoms with van der Waals surface area (Å²) in [6.07, 6.45) is 11.3. The second-order valence-electron chi connectivity index (χ2n) is 9.80. The summed E-state index contributed by atoms with van der Waals surface area (Å²) in [4.78, 5) is 39.1. The molecule has 1 radical (unpaired) electrons. The van der Waals surface area contributed by atoms with Crippen LogP contribution in [-0.2, 0) is 17.1 Å². The van der Waals surface area contributed by atoms with E-state index < -0.39 is 0 Å². The first kappa shape index (κ1) is 25.7. The van der Waals surface area contributed by atoms with E-state index in [-0.39, 0.29) is 17.1 Å². The van der Waals surface area contributed by atoms with Crippen LogP contribution in [0.15, 0.2) is 91.0 Å². The number of aromatic nitrogens is 8. The Kier molecular flexibility index (Phi) is 6.31. The van der Waals surface area contributed by atoms with Crippen LogP contribution in [0, 0.1) is 6.92 Å². The summed E-state index contributed by atoms with van der Waals surface area (Å²) in [7, 11) is 0. The fraction of sp³-hybridized carbons (Fsp3) is 0.0303. The molecule has 0 amide bonds. The molecule has 8 nitrogen and oxygen atoms in total. The van der Waals surface area contributed by atoms with Crippen LogP contribution >= 0.6 is 0 Å². The van der Waals surface area contributed by atoms with Gasteiger partial charge in [-0.05, 0) is 40.6 Å². The van der Waals surface area contributed by atoms with E-state index in [1.54, 1.807) is 0 Å². The van der Waals surface area contributed by atoms with Crippen LogP contribution in [0.25, 0.3) is 79.1 Å². The minimum absolute atomic E-state index is 0. The fourth-order valence-corrected chi connectivity index (χ4v) is 5.10. The Labute approximate surface area is 250 Å². The number of aryl methyl sites for hydroxylation is 1. The Morgan fingerprint density at radius 3 is 1.57 bits per heavy atom. The summed E-state index contributed by atoms with van der Waals surface area (Å²) < 4.78 is 0. The van der Waals surface area contributed by atoms with Gasteiger partial charge in [0.1, 0.15) is 0 Å². The Morgan fingerprint density at radius 1 is 0.476 bits per heavy atom. The Hall–Kier alpha value is -5.24. The molecular formula is C33H20CuN8. The van der Waals surface area contributed by atoms with Gasteiger partial charge < -0.3 is 29.9 Å². The number of benzene rings is 3. The first-order valence-corrected chi connectivity index (χ1v) is 13.2. The summed E-state index contributed by atoms with van der Waals surface area (Å²) in [6.45, 7) is 2.05. The van der Waals surface area contributed by atoms with Crippen molar-refractivity contribution in [3.05, 3.63) is 108 Å².